The summed E-state index contributed by atoms with van der Waals surface area (Å²) in [6, 6.07) is 0. The number of nitrogens with zero attached hydrogens (tertiary/aromatic N) is 1. The number of rotatable bonds is 1. The Hall–Kier alpha value is -1.38. The van der Waals surface area contributed by atoms with Gasteiger partial charge in [0.2, 0.25) is 11.9 Å². The minimum atomic E-state index is -1.09. The molecule has 1 aliphatic heterocycles. The fourth-order valence-electron chi connectivity index (χ4n) is 0.633. The minimum Gasteiger partial charge on any atom is -0.351 e. The van der Waals surface area contributed by atoms with Gasteiger partial charge in [-0.25, -0.2) is 4.79 Å². The molecule has 4 heteroatoms. The van der Waals surface area contributed by atoms with Crippen LogP contribution in [0.25, 0.3) is 0 Å². The van der Waals surface area contributed by atoms with E-state index in [4.69, 9.17) is 5.73 Å². The summed E-state index contributed by atoms with van der Waals surface area (Å²) in [6.45, 7) is 0. The lowest BCUT2D eigenvalue weighted by atomic mass is 10.3. The van der Waals surface area contributed by atoms with Gasteiger partial charge < -0.3 is 5.32 Å². The molecule has 3 N–H and O–H groups in total. The van der Waals surface area contributed by atoms with E-state index in [1.54, 1.807) is 24.4 Å². The third kappa shape index (κ3) is 1.31. The molecular weight excluding hydrogens is 130 g/mol. The van der Waals surface area contributed by atoms with Crippen LogP contribution in [0.3, 0.4) is 0 Å². The molecule has 1 heterocycles. The molecule has 0 bridgehead atoms. The van der Waals surface area contributed by atoms with Crippen LogP contribution in [0.2, 0.25) is 0 Å². The lowest BCUT2D eigenvalue weighted by Crippen LogP contribution is -2.48. The molecule has 0 aromatic heterocycles. The lowest BCUT2D eigenvalue weighted by Gasteiger charge is -2.20. The van der Waals surface area contributed by atoms with E-state index in [2.05, 4.69) is 10.3 Å². The second kappa shape index (κ2) is 2.47. The van der Waals surface area contributed by atoms with Gasteiger partial charge in [0, 0.05) is 0 Å². The van der Waals surface area contributed by atoms with Gasteiger partial charge in [0.1, 0.15) is 0 Å². The van der Waals surface area contributed by atoms with Crippen LogP contribution in [-0.4, -0.2) is 11.9 Å². The summed E-state index contributed by atoms with van der Waals surface area (Å²) < 4.78 is 0. The van der Waals surface area contributed by atoms with E-state index in [1.165, 1.54) is 6.08 Å². The third-order valence-electron chi connectivity index (χ3n) is 1.10. The second-order valence-corrected chi connectivity index (χ2v) is 1.89. The molecule has 1 rings (SSSR count). The highest BCUT2D eigenvalue weighted by atomic mass is 16.1. The summed E-state index contributed by atoms with van der Waals surface area (Å²) >= 11 is 0. The van der Waals surface area contributed by atoms with Crippen LogP contribution in [0, 0.1) is 0 Å². The zero-order valence-corrected chi connectivity index (χ0v) is 5.24. The molecule has 0 radical (unpaired) electrons. The molecule has 0 fully saturated rings. The molecule has 0 spiro atoms. The molecule has 1 aliphatic rings. The molecule has 1 unspecified atom stereocenters. The van der Waals surface area contributed by atoms with E-state index in [1.807, 2.05) is 0 Å². The van der Waals surface area contributed by atoms with Gasteiger partial charge in [-0.05, 0) is 18.4 Å². The Morgan fingerprint density at radius 1 is 1.60 bits per heavy atom. The maximum atomic E-state index is 9.81. The lowest BCUT2D eigenvalue weighted by molar-refractivity contribution is 0.481. The van der Waals surface area contributed by atoms with Crippen LogP contribution in [0.4, 0.5) is 0 Å². The first-order valence-electron chi connectivity index (χ1n) is 2.77. The first kappa shape index (κ1) is 6.74. The molecule has 0 aromatic rings. The maximum Gasteiger partial charge on any atom is 0.238 e. The molecule has 0 amide bonds. The predicted molar refractivity (Wildman–Crippen MR) is 36.5 cm³/mol. The number of aliphatic imine (C=N–C) groups is 1. The van der Waals surface area contributed by atoms with Gasteiger partial charge in [-0.3, -0.25) is 5.73 Å². The molecule has 0 saturated carbocycles. The number of hydrogen-bond donors (Lipinski definition) is 2. The maximum absolute atomic E-state index is 9.81. The average Bonchev–Trinajstić information content (AvgIpc) is 1.89. The van der Waals surface area contributed by atoms with E-state index in [0.29, 0.717) is 0 Å². The van der Waals surface area contributed by atoms with Crippen molar-refractivity contribution in [2.45, 2.75) is 5.79 Å². The van der Waals surface area contributed by atoms with E-state index in [0.717, 1.165) is 0 Å². The fraction of sp³-hybridized carbons (Fsp3) is 0.167. The molecule has 52 valence electrons. The van der Waals surface area contributed by atoms with Gasteiger partial charge in [-0.1, -0.05) is 6.08 Å². The van der Waals surface area contributed by atoms with Crippen molar-refractivity contribution in [1.82, 2.24) is 5.32 Å². The van der Waals surface area contributed by atoms with Crippen LogP contribution in [-0.2, 0) is 4.79 Å². The zero-order chi connectivity index (χ0) is 7.45. The van der Waals surface area contributed by atoms with Crippen LogP contribution >= 0.6 is 0 Å². The molecule has 1 atom stereocenters. The Labute approximate surface area is 58.1 Å². The first-order valence-corrected chi connectivity index (χ1v) is 2.77. The topological polar surface area (TPSA) is 67.5 Å². The van der Waals surface area contributed by atoms with Gasteiger partial charge in [-0.2, -0.15) is 4.99 Å². The van der Waals surface area contributed by atoms with Crippen molar-refractivity contribution < 1.29 is 4.79 Å². The summed E-state index contributed by atoms with van der Waals surface area (Å²) in [4.78, 5) is 13.1. The molecule has 0 aromatic carbocycles. The quantitative estimate of drug-likeness (QED) is 0.382. The Morgan fingerprint density at radius 2 is 2.40 bits per heavy atom. The molecule has 10 heavy (non-hydrogen) atoms. The summed E-state index contributed by atoms with van der Waals surface area (Å²) in [5.74, 6) is -1.09. The third-order valence-corrected chi connectivity index (χ3v) is 1.10. The highest BCUT2D eigenvalue weighted by Crippen LogP contribution is 2.02. The second-order valence-electron chi connectivity index (χ2n) is 1.89. The van der Waals surface area contributed by atoms with E-state index in [-0.39, 0.29) is 0 Å². The highest BCUT2D eigenvalue weighted by Gasteiger charge is 2.18. The largest absolute Gasteiger partial charge is 0.351 e. The van der Waals surface area contributed by atoms with E-state index >= 15 is 0 Å². The molecule has 0 aliphatic carbocycles. The van der Waals surface area contributed by atoms with Crippen LogP contribution in [0.5, 0.6) is 0 Å². The molecular formula is C6H7N3O. The number of allylic oxidation sites excluding steroid dienone is 2. The fourth-order valence-corrected chi connectivity index (χ4v) is 0.633. The van der Waals surface area contributed by atoms with Gasteiger partial charge in [-0.15, -0.1) is 0 Å². The highest BCUT2D eigenvalue weighted by molar-refractivity contribution is 5.36. The zero-order valence-electron chi connectivity index (χ0n) is 5.24. The van der Waals surface area contributed by atoms with Crippen LogP contribution in [0.15, 0.2) is 29.4 Å². The summed E-state index contributed by atoms with van der Waals surface area (Å²) in [6.07, 6.45) is 8.02. The number of nitrogens with one attached hydrogen (secondary N) is 1. The predicted octanol–water partition coefficient (Wildman–Crippen LogP) is -0.392. The number of hydrogen-bond acceptors (Lipinski definition) is 4. The van der Waals surface area contributed by atoms with Gasteiger partial charge >= 0.3 is 0 Å². The SMILES string of the molecule is NC1(N=C=O)C=CC=CN1. The Morgan fingerprint density at radius 3 is 2.90 bits per heavy atom. The Kier molecular flexibility index (Phi) is 1.67. The molecule has 4 nitrogen and oxygen atoms in total. The Bertz CT molecular complexity index is 227. The Balaban J connectivity index is 2.79. The normalized spacial score (nSPS) is 28.9. The first-order chi connectivity index (χ1) is 4.77. The van der Waals surface area contributed by atoms with Gasteiger partial charge in [0.15, 0.2) is 0 Å². The van der Waals surface area contributed by atoms with Gasteiger partial charge in [0.25, 0.3) is 0 Å². The van der Waals surface area contributed by atoms with Crippen molar-refractivity contribution in [2.75, 3.05) is 0 Å². The van der Waals surface area contributed by atoms with Crippen molar-refractivity contribution in [1.29, 1.82) is 0 Å². The number of dihydropyridines is 1. The van der Waals surface area contributed by atoms with Crippen molar-refractivity contribution in [3.8, 4) is 0 Å². The minimum absolute atomic E-state index is 1.09. The van der Waals surface area contributed by atoms with Crippen LogP contribution in [0.1, 0.15) is 0 Å². The number of carbonyl (C=O) groups excluding carboxylic acids is 1. The molecule has 0 saturated heterocycles. The summed E-state index contributed by atoms with van der Waals surface area (Å²) in [5, 5.41) is 2.68. The van der Waals surface area contributed by atoms with Crippen molar-refractivity contribution >= 4 is 6.08 Å². The number of nitrogens with two attached hydrogens (primary N) is 1. The average molecular weight is 137 g/mol. The smallest absolute Gasteiger partial charge is 0.238 e. The van der Waals surface area contributed by atoms with E-state index < -0.39 is 5.79 Å². The summed E-state index contributed by atoms with van der Waals surface area (Å²) in [7, 11) is 0. The van der Waals surface area contributed by atoms with Crippen molar-refractivity contribution in [3.05, 3.63) is 24.4 Å². The van der Waals surface area contributed by atoms with E-state index in [9.17, 15) is 4.79 Å². The number of isocyanates is 1. The van der Waals surface area contributed by atoms with Gasteiger partial charge in [0.05, 0.1) is 0 Å². The van der Waals surface area contributed by atoms with Crippen molar-refractivity contribution in [2.24, 2.45) is 10.7 Å². The standard InChI is InChI=1S/C6H7N3O/c7-6(9-5-10)3-1-2-4-8-6/h1-4,8H,7H2. The summed E-state index contributed by atoms with van der Waals surface area (Å²) in [5.41, 5.74) is 5.49. The van der Waals surface area contributed by atoms with Crippen molar-refractivity contribution in [3.63, 3.8) is 0 Å². The monoisotopic (exact) mass is 137 g/mol. The van der Waals surface area contributed by atoms with Crippen LogP contribution < -0.4 is 11.1 Å².